The maximum absolute atomic E-state index is 10.2. The molecule has 1 aliphatic rings. The van der Waals surface area contributed by atoms with Gasteiger partial charge in [0, 0.05) is 31.6 Å². The highest BCUT2D eigenvalue weighted by Gasteiger charge is 2.21. The highest BCUT2D eigenvalue weighted by molar-refractivity contribution is 5.66. The lowest BCUT2D eigenvalue weighted by Gasteiger charge is -2.33. The fourth-order valence-electron chi connectivity index (χ4n) is 2.78. The van der Waals surface area contributed by atoms with Crippen molar-refractivity contribution in [2.75, 3.05) is 44.0 Å². The molecule has 0 aromatic heterocycles. The molecule has 0 bridgehead atoms. The molecule has 2 rings (SSSR count). The zero-order chi connectivity index (χ0) is 15.2. The van der Waals surface area contributed by atoms with Gasteiger partial charge in [0.15, 0.2) is 0 Å². The van der Waals surface area contributed by atoms with Crippen molar-refractivity contribution >= 4 is 11.4 Å². The van der Waals surface area contributed by atoms with Crippen LogP contribution in [0, 0.1) is 0 Å². The Morgan fingerprint density at radius 2 is 2.19 bits per heavy atom. The predicted molar refractivity (Wildman–Crippen MR) is 84.7 cm³/mol. The summed E-state index contributed by atoms with van der Waals surface area (Å²) in [6.07, 6.45) is 1.55. The zero-order valence-corrected chi connectivity index (χ0v) is 12.9. The monoisotopic (exact) mass is 294 g/mol. The van der Waals surface area contributed by atoms with Crippen LogP contribution in [-0.4, -0.2) is 50.7 Å². The number of aliphatic hydroxyl groups is 1. The second-order valence-corrected chi connectivity index (χ2v) is 5.65. The highest BCUT2D eigenvalue weighted by Crippen LogP contribution is 2.31. The third kappa shape index (κ3) is 4.33. The minimum absolute atomic E-state index is 0.00561. The molecule has 1 aliphatic heterocycles. The number of aliphatic hydroxyl groups excluding tert-OH is 1. The van der Waals surface area contributed by atoms with Gasteiger partial charge in [-0.05, 0) is 37.5 Å². The van der Waals surface area contributed by atoms with Crippen LogP contribution >= 0.6 is 0 Å². The van der Waals surface area contributed by atoms with E-state index < -0.39 is 6.10 Å². The van der Waals surface area contributed by atoms with Crippen LogP contribution in [0.25, 0.3) is 0 Å². The molecule has 5 heteroatoms. The number of rotatable bonds is 7. The molecule has 5 nitrogen and oxygen atoms in total. The number of benzene rings is 1. The third-order valence-electron chi connectivity index (χ3n) is 3.79. The van der Waals surface area contributed by atoms with Crippen molar-refractivity contribution in [1.82, 2.24) is 0 Å². The van der Waals surface area contributed by atoms with E-state index in [4.69, 9.17) is 15.2 Å². The number of β-amino-alcohol motifs (C(OH)–C–C–N with tert-alkyl or cyclic N) is 1. The van der Waals surface area contributed by atoms with E-state index in [1.165, 1.54) is 5.56 Å². The van der Waals surface area contributed by atoms with E-state index in [1.54, 1.807) is 7.11 Å². The summed E-state index contributed by atoms with van der Waals surface area (Å²) in [5.74, 6) is 0. The second-order valence-electron chi connectivity index (χ2n) is 5.65. The summed E-state index contributed by atoms with van der Waals surface area (Å²) in [4.78, 5) is 2.20. The summed E-state index contributed by atoms with van der Waals surface area (Å²) >= 11 is 0. The van der Waals surface area contributed by atoms with Crippen LogP contribution in [0.1, 0.15) is 18.9 Å². The average molecular weight is 294 g/mol. The molecule has 0 spiro atoms. The van der Waals surface area contributed by atoms with Gasteiger partial charge in [0.1, 0.15) is 0 Å². The molecule has 1 heterocycles. The molecule has 1 aromatic rings. The SMILES string of the molecule is COCC(C)OCC(O)CN1CCCc2c(N)cccc21. The quantitative estimate of drug-likeness (QED) is 0.745. The van der Waals surface area contributed by atoms with Gasteiger partial charge in [-0.15, -0.1) is 0 Å². The first-order valence-electron chi connectivity index (χ1n) is 7.52. The maximum atomic E-state index is 10.2. The Bertz CT molecular complexity index is 453. The number of hydrogen-bond donors (Lipinski definition) is 2. The van der Waals surface area contributed by atoms with E-state index in [9.17, 15) is 5.11 Å². The Morgan fingerprint density at radius 1 is 1.38 bits per heavy atom. The standard InChI is InChI=1S/C16H26N2O3/c1-12(10-20-2)21-11-13(19)9-18-8-4-5-14-15(17)6-3-7-16(14)18/h3,6-7,12-13,19H,4-5,8-11,17H2,1-2H3. The molecule has 0 saturated carbocycles. The molecule has 0 saturated heterocycles. The Balaban J connectivity index is 1.91. The largest absolute Gasteiger partial charge is 0.398 e. The molecule has 21 heavy (non-hydrogen) atoms. The van der Waals surface area contributed by atoms with Crippen LogP contribution in [0.3, 0.4) is 0 Å². The van der Waals surface area contributed by atoms with Crippen LogP contribution in [-0.2, 0) is 15.9 Å². The number of methoxy groups -OCH3 is 1. The molecule has 0 fully saturated rings. The predicted octanol–water partition coefficient (Wildman–Crippen LogP) is 1.43. The second kappa shape index (κ2) is 7.64. The Hall–Kier alpha value is -1.30. The molecule has 2 unspecified atom stereocenters. The van der Waals surface area contributed by atoms with Gasteiger partial charge < -0.3 is 25.2 Å². The lowest BCUT2D eigenvalue weighted by atomic mass is 9.99. The van der Waals surface area contributed by atoms with E-state index in [-0.39, 0.29) is 6.10 Å². The number of nitrogen functional groups attached to an aromatic ring is 1. The van der Waals surface area contributed by atoms with Crippen LogP contribution in [0.2, 0.25) is 0 Å². The summed E-state index contributed by atoms with van der Waals surface area (Å²) in [6.45, 7) is 4.30. The topological polar surface area (TPSA) is 68.0 Å². The van der Waals surface area contributed by atoms with E-state index in [1.807, 2.05) is 19.1 Å². The van der Waals surface area contributed by atoms with Gasteiger partial charge >= 0.3 is 0 Å². The first-order chi connectivity index (χ1) is 10.1. The molecule has 0 radical (unpaired) electrons. The number of nitrogens with zero attached hydrogens (tertiary/aromatic N) is 1. The average Bonchev–Trinajstić information content (AvgIpc) is 2.47. The van der Waals surface area contributed by atoms with Crippen LogP contribution in [0.4, 0.5) is 11.4 Å². The smallest absolute Gasteiger partial charge is 0.0948 e. The fraction of sp³-hybridized carbons (Fsp3) is 0.625. The molecule has 2 atom stereocenters. The summed E-state index contributed by atoms with van der Waals surface area (Å²) in [7, 11) is 1.64. The first-order valence-corrected chi connectivity index (χ1v) is 7.52. The van der Waals surface area contributed by atoms with Gasteiger partial charge in [-0.2, -0.15) is 0 Å². The minimum Gasteiger partial charge on any atom is -0.398 e. The summed E-state index contributed by atoms with van der Waals surface area (Å²) in [6, 6.07) is 5.98. The Kier molecular flexibility index (Phi) is 5.85. The number of fused-ring (bicyclic) bond motifs is 1. The molecular weight excluding hydrogens is 268 g/mol. The van der Waals surface area contributed by atoms with E-state index >= 15 is 0 Å². The van der Waals surface area contributed by atoms with Crippen molar-refractivity contribution in [3.8, 4) is 0 Å². The van der Waals surface area contributed by atoms with Crippen molar-refractivity contribution in [2.45, 2.75) is 32.0 Å². The first kappa shape index (κ1) is 16.1. The van der Waals surface area contributed by atoms with Gasteiger partial charge in [0.2, 0.25) is 0 Å². The van der Waals surface area contributed by atoms with E-state index in [2.05, 4.69) is 11.0 Å². The molecule has 0 aliphatic carbocycles. The minimum atomic E-state index is -0.517. The van der Waals surface area contributed by atoms with Crippen molar-refractivity contribution in [1.29, 1.82) is 0 Å². The van der Waals surface area contributed by atoms with Crippen molar-refractivity contribution in [3.05, 3.63) is 23.8 Å². The van der Waals surface area contributed by atoms with Crippen molar-refractivity contribution in [3.63, 3.8) is 0 Å². The number of ether oxygens (including phenoxy) is 2. The zero-order valence-electron chi connectivity index (χ0n) is 12.9. The lowest BCUT2D eigenvalue weighted by molar-refractivity contribution is -0.0296. The number of hydrogen-bond acceptors (Lipinski definition) is 5. The van der Waals surface area contributed by atoms with E-state index in [0.717, 1.165) is 30.8 Å². The van der Waals surface area contributed by atoms with Gasteiger partial charge in [0.25, 0.3) is 0 Å². The maximum Gasteiger partial charge on any atom is 0.0948 e. The molecule has 3 N–H and O–H groups in total. The Morgan fingerprint density at radius 3 is 2.95 bits per heavy atom. The lowest BCUT2D eigenvalue weighted by Crippen LogP contribution is -2.39. The summed E-state index contributed by atoms with van der Waals surface area (Å²) in [5.41, 5.74) is 9.22. The van der Waals surface area contributed by atoms with E-state index in [0.29, 0.717) is 19.8 Å². The molecule has 1 aromatic carbocycles. The molecule has 118 valence electrons. The Labute approximate surface area is 126 Å². The van der Waals surface area contributed by atoms with Crippen molar-refractivity contribution < 1.29 is 14.6 Å². The van der Waals surface area contributed by atoms with Crippen LogP contribution < -0.4 is 10.6 Å². The number of anilines is 2. The summed E-state index contributed by atoms with van der Waals surface area (Å²) < 4.78 is 10.6. The van der Waals surface area contributed by atoms with Gasteiger partial charge in [-0.1, -0.05) is 6.07 Å². The molecular formula is C16H26N2O3. The molecule has 0 amide bonds. The van der Waals surface area contributed by atoms with Crippen molar-refractivity contribution in [2.24, 2.45) is 0 Å². The van der Waals surface area contributed by atoms with Gasteiger partial charge in [-0.3, -0.25) is 0 Å². The van der Waals surface area contributed by atoms with Gasteiger partial charge in [-0.25, -0.2) is 0 Å². The van der Waals surface area contributed by atoms with Crippen LogP contribution in [0.15, 0.2) is 18.2 Å². The third-order valence-corrected chi connectivity index (χ3v) is 3.79. The number of nitrogens with two attached hydrogens (primary N) is 1. The van der Waals surface area contributed by atoms with Crippen LogP contribution in [0.5, 0.6) is 0 Å². The normalized spacial score (nSPS) is 17.4. The summed E-state index contributed by atoms with van der Waals surface area (Å²) in [5, 5.41) is 10.2. The fourth-order valence-corrected chi connectivity index (χ4v) is 2.78. The highest BCUT2D eigenvalue weighted by atomic mass is 16.5. The van der Waals surface area contributed by atoms with Gasteiger partial charge in [0.05, 0.1) is 25.4 Å².